The standard InChI is InChI=1S/C17H14F2N4O/c18-13-5-1-11(2-6-13)9-16(24)20-10-15-21-17(23-22-15)12-3-7-14(19)8-4-12/h1-8H,9-10H2,(H,20,24)(H,21,22,23). The van der Waals surface area contributed by atoms with Crippen LogP contribution in [0, 0.1) is 11.6 Å². The van der Waals surface area contributed by atoms with E-state index in [0.29, 0.717) is 17.2 Å². The maximum Gasteiger partial charge on any atom is 0.224 e. The minimum absolute atomic E-state index is 0.152. The summed E-state index contributed by atoms with van der Waals surface area (Å²) >= 11 is 0. The Morgan fingerprint density at radius 3 is 2.29 bits per heavy atom. The first-order valence-corrected chi connectivity index (χ1v) is 7.28. The van der Waals surface area contributed by atoms with Crippen molar-refractivity contribution in [1.82, 2.24) is 20.5 Å². The first-order valence-electron chi connectivity index (χ1n) is 7.28. The summed E-state index contributed by atoms with van der Waals surface area (Å²) in [7, 11) is 0. The van der Waals surface area contributed by atoms with Crippen molar-refractivity contribution in [3.8, 4) is 11.4 Å². The summed E-state index contributed by atoms with van der Waals surface area (Å²) in [6.07, 6.45) is 0.152. The third-order valence-electron chi connectivity index (χ3n) is 3.37. The Hall–Kier alpha value is -3.09. The van der Waals surface area contributed by atoms with Gasteiger partial charge in [-0.25, -0.2) is 13.8 Å². The second-order valence-electron chi connectivity index (χ2n) is 5.19. The average Bonchev–Trinajstić information content (AvgIpc) is 3.05. The van der Waals surface area contributed by atoms with Crippen LogP contribution in [0.3, 0.4) is 0 Å². The fourth-order valence-corrected chi connectivity index (χ4v) is 2.13. The van der Waals surface area contributed by atoms with Gasteiger partial charge in [0.25, 0.3) is 0 Å². The third-order valence-corrected chi connectivity index (χ3v) is 3.37. The van der Waals surface area contributed by atoms with Gasteiger partial charge < -0.3 is 5.32 Å². The zero-order chi connectivity index (χ0) is 16.9. The highest BCUT2D eigenvalue weighted by molar-refractivity contribution is 5.78. The number of carbonyl (C=O) groups excluding carboxylic acids is 1. The molecule has 0 atom stereocenters. The molecule has 2 N–H and O–H groups in total. The minimum atomic E-state index is -0.339. The smallest absolute Gasteiger partial charge is 0.224 e. The molecule has 24 heavy (non-hydrogen) atoms. The van der Waals surface area contributed by atoms with E-state index in [9.17, 15) is 13.6 Å². The number of halogens is 2. The molecule has 0 radical (unpaired) electrons. The SMILES string of the molecule is O=C(Cc1ccc(F)cc1)NCc1nc(-c2ccc(F)cc2)n[nH]1. The molecule has 0 aliphatic rings. The molecule has 1 heterocycles. The molecule has 1 amide bonds. The van der Waals surface area contributed by atoms with E-state index in [0.717, 1.165) is 5.56 Å². The Morgan fingerprint density at radius 2 is 1.62 bits per heavy atom. The molecule has 5 nitrogen and oxygen atoms in total. The normalized spacial score (nSPS) is 10.6. The van der Waals surface area contributed by atoms with Gasteiger partial charge in [-0.15, -0.1) is 0 Å². The molecule has 0 saturated heterocycles. The maximum atomic E-state index is 12.9. The van der Waals surface area contributed by atoms with E-state index in [1.165, 1.54) is 24.3 Å². The zero-order valence-corrected chi connectivity index (χ0v) is 12.6. The molecule has 122 valence electrons. The number of rotatable bonds is 5. The van der Waals surface area contributed by atoms with Gasteiger partial charge in [0.05, 0.1) is 13.0 Å². The largest absolute Gasteiger partial charge is 0.349 e. The molecule has 0 aliphatic carbocycles. The molecule has 7 heteroatoms. The first kappa shape index (κ1) is 15.8. The zero-order valence-electron chi connectivity index (χ0n) is 12.6. The Bertz CT molecular complexity index is 829. The number of H-pyrrole nitrogens is 1. The third kappa shape index (κ3) is 4.01. The van der Waals surface area contributed by atoms with Crippen LogP contribution in [-0.4, -0.2) is 21.1 Å². The van der Waals surface area contributed by atoms with E-state index < -0.39 is 0 Å². The van der Waals surface area contributed by atoms with Gasteiger partial charge in [0, 0.05) is 5.56 Å². The number of benzene rings is 2. The van der Waals surface area contributed by atoms with Crippen LogP contribution in [0.25, 0.3) is 11.4 Å². The van der Waals surface area contributed by atoms with Crippen molar-refractivity contribution in [2.75, 3.05) is 0 Å². The molecule has 0 saturated carbocycles. The van der Waals surface area contributed by atoms with E-state index in [4.69, 9.17) is 0 Å². The van der Waals surface area contributed by atoms with Gasteiger partial charge in [0.1, 0.15) is 17.5 Å². The second-order valence-corrected chi connectivity index (χ2v) is 5.19. The number of aromatic amines is 1. The Balaban J connectivity index is 1.56. The van der Waals surface area contributed by atoms with Crippen molar-refractivity contribution in [2.24, 2.45) is 0 Å². The predicted molar refractivity (Wildman–Crippen MR) is 83.7 cm³/mol. The molecule has 0 spiro atoms. The number of carbonyl (C=O) groups is 1. The van der Waals surface area contributed by atoms with Gasteiger partial charge in [0.2, 0.25) is 5.91 Å². The summed E-state index contributed by atoms with van der Waals surface area (Å²) in [5.41, 5.74) is 1.40. The van der Waals surface area contributed by atoms with Crippen molar-refractivity contribution < 1.29 is 13.6 Å². The minimum Gasteiger partial charge on any atom is -0.349 e. The predicted octanol–water partition coefficient (Wildman–Crippen LogP) is 2.61. The lowest BCUT2D eigenvalue weighted by molar-refractivity contribution is -0.120. The van der Waals surface area contributed by atoms with Crippen LogP contribution >= 0.6 is 0 Å². The number of nitrogens with zero attached hydrogens (tertiary/aromatic N) is 2. The molecular weight excluding hydrogens is 314 g/mol. The van der Waals surface area contributed by atoms with E-state index in [1.54, 1.807) is 24.3 Å². The number of amides is 1. The second kappa shape index (κ2) is 6.99. The monoisotopic (exact) mass is 328 g/mol. The van der Waals surface area contributed by atoms with Crippen molar-refractivity contribution >= 4 is 5.91 Å². The lowest BCUT2D eigenvalue weighted by atomic mass is 10.1. The van der Waals surface area contributed by atoms with Crippen molar-refractivity contribution in [2.45, 2.75) is 13.0 Å². The summed E-state index contributed by atoms with van der Waals surface area (Å²) in [5, 5.41) is 9.47. The van der Waals surface area contributed by atoms with Crippen LogP contribution < -0.4 is 5.32 Å². The molecule has 0 bridgehead atoms. The molecule has 3 rings (SSSR count). The quantitative estimate of drug-likeness (QED) is 0.756. The van der Waals surface area contributed by atoms with Crippen LogP contribution in [-0.2, 0) is 17.8 Å². The lowest BCUT2D eigenvalue weighted by Gasteiger charge is -2.03. The molecule has 1 aromatic heterocycles. The fourth-order valence-electron chi connectivity index (χ4n) is 2.13. The summed E-state index contributed by atoms with van der Waals surface area (Å²) in [5.74, 6) is 0.0395. The highest BCUT2D eigenvalue weighted by Gasteiger charge is 2.08. The van der Waals surface area contributed by atoms with Gasteiger partial charge in [0.15, 0.2) is 5.82 Å². The highest BCUT2D eigenvalue weighted by Crippen LogP contribution is 2.14. The van der Waals surface area contributed by atoms with Crippen LogP contribution in [0.4, 0.5) is 8.78 Å². The molecule has 3 aromatic rings. The van der Waals surface area contributed by atoms with Crippen molar-refractivity contribution in [3.05, 3.63) is 71.6 Å². The lowest BCUT2D eigenvalue weighted by Crippen LogP contribution is -2.25. The van der Waals surface area contributed by atoms with Crippen LogP contribution in [0.2, 0.25) is 0 Å². The molecule has 2 aromatic carbocycles. The van der Waals surface area contributed by atoms with Crippen LogP contribution in [0.15, 0.2) is 48.5 Å². The summed E-state index contributed by atoms with van der Waals surface area (Å²) in [6.45, 7) is 0.189. The number of hydrogen-bond donors (Lipinski definition) is 2. The van der Waals surface area contributed by atoms with Gasteiger partial charge in [-0.2, -0.15) is 5.10 Å². The van der Waals surface area contributed by atoms with Crippen LogP contribution in [0.1, 0.15) is 11.4 Å². The summed E-state index contributed by atoms with van der Waals surface area (Å²) in [6, 6.07) is 11.6. The topological polar surface area (TPSA) is 70.7 Å². The van der Waals surface area contributed by atoms with Crippen molar-refractivity contribution in [1.29, 1.82) is 0 Å². The number of aromatic nitrogens is 3. The molecule has 0 unspecified atom stereocenters. The number of hydrogen-bond acceptors (Lipinski definition) is 3. The Morgan fingerprint density at radius 1 is 1.00 bits per heavy atom. The summed E-state index contributed by atoms with van der Waals surface area (Å²) < 4.78 is 25.7. The van der Waals surface area contributed by atoms with Gasteiger partial charge in [-0.3, -0.25) is 9.89 Å². The van der Waals surface area contributed by atoms with Gasteiger partial charge in [-0.05, 0) is 42.0 Å². The van der Waals surface area contributed by atoms with E-state index in [2.05, 4.69) is 20.5 Å². The fraction of sp³-hybridized carbons (Fsp3) is 0.118. The van der Waals surface area contributed by atoms with Crippen molar-refractivity contribution in [3.63, 3.8) is 0 Å². The maximum absolute atomic E-state index is 12.9. The molecular formula is C17H14F2N4O. The molecule has 0 fully saturated rings. The Kier molecular flexibility index (Phi) is 4.60. The van der Waals surface area contributed by atoms with Gasteiger partial charge in [-0.1, -0.05) is 12.1 Å². The summed E-state index contributed by atoms with van der Waals surface area (Å²) in [4.78, 5) is 16.1. The average molecular weight is 328 g/mol. The van der Waals surface area contributed by atoms with E-state index in [1.807, 2.05) is 0 Å². The van der Waals surface area contributed by atoms with E-state index >= 15 is 0 Å². The van der Waals surface area contributed by atoms with Crippen LogP contribution in [0.5, 0.6) is 0 Å². The van der Waals surface area contributed by atoms with Gasteiger partial charge >= 0.3 is 0 Å². The number of nitrogens with one attached hydrogen (secondary N) is 2. The first-order chi connectivity index (χ1) is 11.6. The van der Waals surface area contributed by atoms with E-state index in [-0.39, 0.29) is 30.5 Å². The Labute approximate surface area is 136 Å². The highest BCUT2D eigenvalue weighted by atomic mass is 19.1. The molecule has 0 aliphatic heterocycles.